The molecule has 0 saturated carbocycles. The smallest absolute Gasteiger partial charge is 0.348 e. The van der Waals surface area contributed by atoms with Gasteiger partial charge in [0.25, 0.3) is 11.9 Å². The number of amidine groups is 1. The fourth-order valence-electron chi connectivity index (χ4n) is 4.25. The zero-order valence-electron chi connectivity index (χ0n) is 22.7. The molecule has 1 aliphatic heterocycles. The molecule has 218 valence electrons. The highest BCUT2D eigenvalue weighted by Gasteiger charge is 2.26. The molecule has 4 aromatic rings. The number of carbonyl (C=O) groups excluding carboxylic acids is 1. The lowest BCUT2D eigenvalue weighted by Gasteiger charge is -2.24. The third kappa shape index (κ3) is 6.56. The van der Waals surface area contributed by atoms with Crippen molar-refractivity contribution < 1.29 is 28.9 Å². The first-order valence-corrected chi connectivity index (χ1v) is 12.5. The average Bonchev–Trinajstić information content (AvgIpc) is 3.36. The molecule has 0 fully saturated rings. The van der Waals surface area contributed by atoms with Crippen LogP contribution in [-0.4, -0.2) is 51.5 Å². The molecule has 1 amide bonds. The summed E-state index contributed by atoms with van der Waals surface area (Å²) < 4.78 is 17.8. The Balaban J connectivity index is 0.000000952. The van der Waals surface area contributed by atoms with Crippen LogP contribution in [0.1, 0.15) is 45.8 Å². The highest BCUT2D eigenvalue weighted by atomic mass is 16.7. The van der Waals surface area contributed by atoms with Gasteiger partial charge in [0.05, 0.1) is 25.0 Å². The van der Waals surface area contributed by atoms with Crippen molar-refractivity contribution in [2.24, 2.45) is 11.5 Å². The number of aromatic amines is 1. The van der Waals surface area contributed by atoms with Gasteiger partial charge in [-0.15, -0.1) is 5.10 Å². The lowest BCUT2D eigenvalue weighted by molar-refractivity contribution is -0.134. The Morgan fingerprint density at radius 1 is 1.17 bits per heavy atom. The van der Waals surface area contributed by atoms with Gasteiger partial charge in [-0.2, -0.15) is 4.68 Å². The van der Waals surface area contributed by atoms with E-state index in [2.05, 4.69) is 15.4 Å². The molecule has 0 saturated heterocycles. The molecule has 0 spiro atoms. The number of methoxy groups -OCH3 is 1. The van der Waals surface area contributed by atoms with Crippen LogP contribution >= 0.6 is 0 Å². The van der Waals surface area contributed by atoms with Crippen molar-refractivity contribution in [2.75, 3.05) is 19.2 Å². The zero-order valence-corrected chi connectivity index (χ0v) is 22.7. The topological polar surface area (TPSA) is 221 Å². The number of nitrogen functional groups attached to an aromatic ring is 1. The summed E-state index contributed by atoms with van der Waals surface area (Å²) in [7, 11) is 1.54. The SMILES string of the molecule is CC(=O)O.COc1cc([C@H](Nc2ccc(C(=N)N)cc2)c2nn(-c3ccccc3C(N)=O)c(=O)[nH]2)cc2c1OCOC2. The van der Waals surface area contributed by atoms with E-state index >= 15 is 0 Å². The number of carbonyl (C=O) groups is 2. The summed E-state index contributed by atoms with van der Waals surface area (Å²) in [6.45, 7) is 1.51. The maximum atomic E-state index is 13.0. The van der Waals surface area contributed by atoms with Gasteiger partial charge in [0.2, 0.25) is 0 Å². The largest absolute Gasteiger partial charge is 0.493 e. The average molecular weight is 576 g/mol. The maximum absolute atomic E-state index is 13.0. The number of carboxylic acid groups (broad SMARTS) is 1. The number of nitrogens with two attached hydrogens (primary N) is 2. The summed E-state index contributed by atoms with van der Waals surface area (Å²) in [5.41, 5.74) is 13.7. The number of primary amides is 1. The number of para-hydroxylation sites is 1. The maximum Gasteiger partial charge on any atom is 0.348 e. The van der Waals surface area contributed by atoms with E-state index in [4.69, 9.17) is 41.0 Å². The van der Waals surface area contributed by atoms with Gasteiger partial charge in [-0.1, -0.05) is 12.1 Å². The lowest BCUT2D eigenvalue weighted by Crippen LogP contribution is -2.21. The molecule has 0 unspecified atom stereocenters. The van der Waals surface area contributed by atoms with Crippen molar-refractivity contribution in [3.05, 3.63) is 99.2 Å². The van der Waals surface area contributed by atoms with Gasteiger partial charge in [-0.25, -0.2) is 4.79 Å². The second kappa shape index (κ2) is 12.7. The normalized spacial score (nSPS) is 12.5. The molecule has 2 heterocycles. The molecule has 1 aromatic heterocycles. The number of ether oxygens (including phenoxy) is 3. The highest BCUT2D eigenvalue weighted by Crippen LogP contribution is 2.38. The number of nitrogens with zero attached hydrogens (tertiary/aromatic N) is 2. The van der Waals surface area contributed by atoms with Crippen LogP contribution in [0.2, 0.25) is 0 Å². The Kier molecular flexibility index (Phi) is 8.87. The Morgan fingerprint density at radius 2 is 1.86 bits per heavy atom. The first-order chi connectivity index (χ1) is 20.1. The van der Waals surface area contributed by atoms with E-state index < -0.39 is 23.6 Å². The number of rotatable bonds is 8. The number of hydrogen-bond donors (Lipinski definition) is 6. The number of aliphatic carboxylic acids is 1. The van der Waals surface area contributed by atoms with Crippen LogP contribution in [0, 0.1) is 5.41 Å². The van der Waals surface area contributed by atoms with Crippen molar-refractivity contribution >= 4 is 23.4 Å². The van der Waals surface area contributed by atoms with Gasteiger partial charge in [-0.3, -0.25) is 20.0 Å². The minimum atomic E-state index is -0.833. The quantitative estimate of drug-likeness (QED) is 0.133. The molecule has 8 N–H and O–H groups in total. The van der Waals surface area contributed by atoms with E-state index in [0.29, 0.717) is 34.9 Å². The summed E-state index contributed by atoms with van der Waals surface area (Å²) >= 11 is 0. The molecule has 0 aliphatic carbocycles. The Labute approximate surface area is 239 Å². The summed E-state index contributed by atoms with van der Waals surface area (Å²) in [5, 5.41) is 23.0. The molecule has 14 nitrogen and oxygen atoms in total. The lowest BCUT2D eigenvalue weighted by atomic mass is 10.0. The molecule has 3 aromatic carbocycles. The van der Waals surface area contributed by atoms with Crippen LogP contribution in [-0.2, 0) is 16.1 Å². The molecule has 0 bridgehead atoms. The molecular formula is C28H29N7O7. The summed E-state index contributed by atoms with van der Waals surface area (Å²) in [4.78, 5) is 36.8. The fraction of sp³-hybridized carbons (Fsp3) is 0.179. The molecule has 42 heavy (non-hydrogen) atoms. The predicted molar refractivity (Wildman–Crippen MR) is 152 cm³/mol. The monoisotopic (exact) mass is 575 g/mol. The van der Waals surface area contributed by atoms with Gasteiger partial charge < -0.3 is 36.1 Å². The Hall–Kier alpha value is -5.63. The summed E-state index contributed by atoms with van der Waals surface area (Å²) in [6.07, 6.45) is 0. The second-order valence-electron chi connectivity index (χ2n) is 9.02. The van der Waals surface area contributed by atoms with E-state index in [0.717, 1.165) is 17.2 Å². The number of amides is 1. The van der Waals surface area contributed by atoms with Crippen molar-refractivity contribution in [1.82, 2.24) is 14.8 Å². The standard InChI is InChI=1S/C26H25N7O5.C2H4O2/c1-36-20-11-15(10-16-12-37-13-38-22(16)20)21(30-17-8-6-14(7-9-17)23(27)28)25-31-26(35)33(32-25)19-5-3-2-4-18(19)24(29)34;1-2(3)4/h2-11,21,30H,12-13H2,1H3,(H3,27,28)(H2,29,34)(H,31,32,35);1H3,(H,3,4)/t21-;/m0./s1. The van der Waals surface area contributed by atoms with Gasteiger partial charge in [0.15, 0.2) is 24.1 Å². The van der Waals surface area contributed by atoms with E-state index in [1.54, 1.807) is 55.6 Å². The van der Waals surface area contributed by atoms with Gasteiger partial charge in [0, 0.05) is 23.7 Å². The number of carboxylic acids is 1. The molecular weight excluding hydrogens is 546 g/mol. The molecule has 0 radical (unpaired) electrons. The van der Waals surface area contributed by atoms with Crippen LogP contribution in [0.25, 0.3) is 5.69 Å². The number of nitrogens with one attached hydrogen (secondary N) is 3. The van der Waals surface area contributed by atoms with Crippen LogP contribution < -0.4 is 31.9 Å². The van der Waals surface area contributed by atoms with Crippen molar-refractivity contribution in [3.8, 4) is 17.2 Å². The Bertz CT molecular complexity index is 1660. The number of H-pyrrole nitrogens is 1. The van der Waals surface area contributed by atoms with Crippen molar-refractivity contribution in [2.45, 2.75) is 19.6 Å². The minimum absolute atomic E-state index is 0.0521. The van der Waals surface area contributed by atoms with Gasteiger partial charge in [-0.05, 0) is 54.1 Å². The van der Waals surface area contributed by atoms with Crippen molar-refractivity contribution in [3.63, 3.8) is 0 Å². The van der Waals surface area contributed by atoms with Gasteiger partial charge in [0.1, 0.15) is 11.9 Å². The van der Waals surface area contributed by atoms with Crippen LogP contribution in [0.4, 0.5) is 5.69 Å². The van der Waals surface area contributed by atoms with Crippen LogP contribution in [0.15, 0.2) is 65.5 Å². The Morgan fingerprint density at radius 3 is 2.50 bits per heavy atom. The van der Waals surface area contributed by atoms with Crippen LogP contribution in [0.3, 0.4) is 0 Å². The van der Waals surface area contributed by atoms with E-state index in [-0.39, 0.29) is 29.7 Å². The number of anilines is 1. The highest BCUT2D eigenvalue weighted by molar-refractivity contribution is 5.96. The van der Waals surface area contributed by atoms with Crippen molar-refractivity contribution in [1.29, 1.82) is 5.41 Å². The van der Waals surface area contributed by atoms with E-state index in [9.17, 15) is 9.59 Å². The first-order valence-electron chi connectivity index (χ1n) is 12.5. The second-order valence-corrected chi connectivity index (χ2v) is 9.02. The predicted octanol–water partition coefficient (Wildman–Crippen LogP) is 2.11. The molecule has 14 heteroatoms. The number of benzene rings is 3. The van der Waals surface area contributed by atoms with E-state index in [1.165, 1.54) is 6.07 Å². The third-order valence-corrected chi connectivity index (χ3v) is 6.06. The van der Waals surface area contributed by atoms with Crippen LogP contribution in [0.5, 0.6) is 11.5 Å². The molecule has 1 aliphatic rings. The van der Waals surface area contributed by atoms with Gasteiger partial charge >= 0.3 is 5.69 Å². The van der Waals surface area contributed by atoms with E-state index in [1.807, 2.05) is 6.07 Å². The number of hydrogen-bond acceptors (Lipinski definition) is 9. The zero-order chi connectivity index (χ0) is 30.4. The first kappa shape index (κ1) is 29.4. The third-order valence-electron chi connectivity index (χ3n) is 6.06. The number of aromatic nitrogens is 3. The summed E-state index contributed by atoms with van der Waals surface area (Å²) in [5.74, 6) is -0.216. The number of fused-ring (bicyclic) bond motifs is 1. The fourth-order valence-corrected chi connectivity index (χ4v) is 4.25. The summed E-state index contributed by atoms with van der Waals surface area (Å²) in [6, 6.07) is 16.4. The molecule has 1 atom stereocenters. The molecule has 5 rings (SSSR count). The minimum Gasteiger partial charge on any atom is -0.493 e.